The summed E-state index contributed by atoms with van der Waals surface area (Å²) in [6.07, 6.45) is 9.56. The van der Waals surface area contributed by atoms with Crippen LogP contribution >= 0.6 is 0 Å². The van der Waals surface area contributed by atoms with Crippen molar-refractivity contribution in [1.29, 1.82) is 0 Å². The summed E-state index contributed by atoms with van der Waals surface area (Å²) in [5.41, 5.74) is 0. The normalized spacial score (nSPS) is 20.4. The Bertz CT molecular complexity index is 200. The summed E-state index contributed by atoms with van der Waals surface area (Å²) in [4.78, 5) is 11.8. The van der Waals surface area contributed by atoms with Gasteiger partial charge in [0.15, 0.2) is 5.78 Å². The maximum absolute atomic E-state index is 11.8. The summed E-state index contributed by atoms with van der Waals surface area (Å²) < 4.78 is 5.29. The third kappa shape index (κ3) is 6.79. The van der Waals surface area contributed by atoms with E-state index in [0.717, 1.165) is 26.0 Å². The van der Waals surface area contributed by atoms with Crippen molar-refractivity contribution >= 4 is 5.78 Å². The number of carbonyl (C=O) groups is 1. The first kappa shape index (κ1) is 14.7. The van der Waals surface area contributed by atoms with Crippen LogP contribution in [0.4, 0.5) is 0 Å². The summed E-state index contributed by atoms with van der Waals surface area (Å²) in [5.74, 6) is 0.332. The summed E-state index contributed by atoms with van der Waals surface area (Å²) in [7, 11) is 0. The Kier molecular flexibility index (Phi) is 8.28. The van der Waals surface area contributed by atoms with Crippen LogP contribution in [-0.4, -0.2) is 31.6 Å². The van der Waals surface area contributed by atoms with Crippen LogP contribution in [0.1, 0.15) is 58.3 Å². The number of nitrogens with one attached hydrogen (secondary N) is 1. The fourth-order valence-corrected chi connectivity index (χ4v) is 2.20. The van der Waals surface area contributed by atoms with E-state index in [1.165, 1.54) is 38.5 Å². The molecule has 0 spiro atoms. The van der Waals surface area contributed by atoms with E-state index in [2.05, 4.69) is 12.2 Å². The standard InChI is InChI=1S/C14H27NO2/c1-2-3-4-5-6-7-8-9-14(16)13-12-17-11-10-15-13/h13,15H,2-12H2,1H3. The van der Waals surface area contributed by atoms with Crippen molar-refractivity contribution in [1.82, 2.24) is 5.32 Å². The zero-order valence-electron chi connectivity index (χ0n) is 11.2. The van der Waals surface area contributed by atoms with Gasteiger partial charge in [0.2, 0.25) is 0 Å². The number of ketones is 1. The van der Waals surface area contributed by atoms with Gasteiger partial charge in [-0.2, -0.15) is 0 Å². The van der Waals surface area contributed by atoms with Gasteiger partial charge in [0.1, 0.15) is 0 Å². The first-order valence-electron chi connectivity index (χ1n) is 7.18. The van der Waals surface area contributed by atoms with E-state index < -0.39 is 0 Å². The Balaban J connectivity index is 1.92. The van der Waals surface area contributed by atoms with Crippen molar-refractivity contribution in [2.75, 3.05) is 19.8 Å². The number of hydrogen-bond acceptors (Lipinski definition) is 3. The molecule has 0 aromatic rings. The monoisotopic (exact) mass is 241 g/mol. The van der Waals surface area contributed by atoms with Crippen molar-refractivity contribution in [3.63, 3.8) is 0 Å². The van der Waals surface area contributed by atoms with E-state index in [0.29, 0.717) is 12.4 Å². The molecule has 1 unspecified atom stereocenters. The molecule has 1 saturated heterocycles. The minimum atomic E-state index is -0.0381. The van der Waals surface area contributed by atoms with Crippen molar-refractivity contribution in [3.8, 4) is 0 Å². The second-order valence-corrected chi connectivity index (χ2v) is 4.92. The van der Waals surface area contributed by atoms with Gasteiger partial charge in [-0.1, -0.05) is 45.4 Å². The minimum absolute atomic E-state index is 0.0381. The van der Waals surface area contributed by atoms with Crippen molar-refractivity contribution < 1.29 is 9.53 Å². The van der Waals surface area contributed by atoms with Gasteiger partial charge in [-0.25, -0.2) is 0 Å². The molecular formula is C14H27NO2. The van der Waals surface area contributed by atoms with E-state index in [9.17, 15) is 4.79 Å². The quantitative estimate of drug-likeness (QED) is 0.631. The third-order valence-corrected chi connectivity index (χ3v) is 3.34. The van der Waals surface area contributed by atoms with Crippen molar-refractivity contribution in [3.05, 3.63) is 0 Å². The second-order valence-electron chi connectivity index (χ2n) is 4.92. The summed E-state index contributed by atoms with van der Waals surface area (Å²) >= 11 is 0. The maximum atomic E-state index is 11.8. The van der Waals surface area contributed by atoms with Crippen molar-refractivity contribution in [2.45, 2.75) is 64.3 Å². The number of ether oxygens (including phenoxy) is 1. The highest BCUT2D eigenvalue weighted by atomic mass is 16.5. The van der Waals surface area contributed by atoms with Gasteiger partial charge in [0.05, 0.1) is 19.3 Å². The molecule has 17 heavy (non-hydrogen) atoms. The molecule has 0 aliphatic carbocycles. The molecule has 1 N–H and O–H groups in total. The van der Waals surface area contributed by atoms with E-state index in [1.807, 2.05) is 0 Å². The SMILES string of the molecule is CCCCCCCCCC(=O)C1COCCN1. The lowest BCUT2D eigenvalue weighted by Crippen LogP contribution is -2.46. The smallest absolute Gasteiger partial charge is 0.152 e. The number of Topliss-reactive ketones (excluding diaryl/α,β-unsaturated/α-hetero) is 1. The number of rotatable bonds is 9. The number of carbonyl (C=O) groups excluding carboxylic acids is 1. The molecule has 1 heterocycles. The van der Waals surface area contributed by atoms with Gasteiger partial charge >= 0.3 is 0 Å². The first-order valence-corrected chi connectivity index (χ1v) is 7.18. The third-order valence-electron chi connectivity index (χ3n) is 3.34. The van der Waals surface area contributed by atoms with Gasteiger partial charge in [0, 0.05) is 13.0 Å². The molecule has 0 aromatic carbocycles. The van der Waals surface area contributed by atoms with Gasteiger partial charge in [-0.15, -0.1) is 0 Å². The molecule has 0 radical (unpaired) electrons. The lowest BCUT2D eigenvalue weighted by molar-refractivity contribution is -0.123. The molecule has 1 aliphatic heterocycles. The topological polar surface area (TPSA) is 38.3 Å². The number of hydrogen-bond donors (Lipinski definition) is 1. The molecule has 0 bridgehead atoms. The average molecular weight is 241 g/mol. The molecule has 100 valence electrons. The van der Waals surface area contributed by atoms with E-state index in [-0.39, 0.29) is 6.04 Å². The zero-order valence-corrected chi connectivity index (χ0v) is 11.2. The predicted octanol–water partition coefficient (Wildman–Crippen LogP) is 2.68. The van der Waals surface area contributed by atoms with E-state index >= 15 is 0 Å². The molecule has 0 aromatic heterocycles. The van der Waals surface area contributed by atoms with E-state index in [1.54, 1.807) is 0 Å². The van der Waals surface area contributed by atoms with Crippen molar-refractivity contribution in [2.24, 2.45) is 0 Å². The van der Waals surface area contributed by atoms with Crippen LogP contribution in [0.15, 0.2) is 0 Å². The molecule has 1 fully saturated rings. The summed E-state index contributed by atoms with van der Waals surface area (Å²) in [6.45, 7) is 4.35. The van der Waals surface area contributed by atoms with Gasteiger partial charge in [-0.3, -0.25) is 4.79 Å². The first-order chi connectivity index (χ1) is 8.34. The Morgan fingerprint density at radius 1 is 1.18 bits per heavy atom. The van der Waals surface area contributed by atoms with Crippen LogP contribution in [0.2, 0.25) is 0 Å². The van der Waals surface area contributed by atoms with E-state index in [4.69, 9.17) is 4.74 Å². The second kappa shape index (κ2) is 9.60. The van der Waals surface area contributed by atoms with Crippen LogP contribution < -0.4 is 5.32 Å². The molecule has 0 amide bonds. The molecule has 3 heteroatoms. The van der Waals surface area contributed by atoms with Gasteiger partial charge in [-0.05, 0) is 6.42 Å². The predicted molar refractivity (Wildman–Crippen MR) is 70.2 cm³/mol. The number of morpholine rings is 1. The van der Waals surface area contributed by atoms with Crippen LogP contribution in [-0.2, 0) is 9.53 Å². The highest BCUT2D eigenvalue weighted by Crippen LogP contribution is 2.09. The zero-order chi connectivity index (χ0) is 12.3. The van der Waals surface area contributed by atoms with Gasteiger partial charge < -0.3 is 10.1 Å². The Morgan fingerprint density at radius 3 is 2.53 bits per heavy atom. The Labute approximate surface area is 105 Å². The average Bonchev–Trinajstić information content (AvgIpc) is 2.38. The molecule has 1 aliphatic rings. The lowest BCUT2D eigenvalue weighted by Gasteiger charge is -2.22. The Hall–Kier alpha value is -0.410. The molecule has 1 rings (SSSR count). The summed E-state index contributed by atoms with van der Waals surface area (Å²) in [6, 6.07) is -0.0381. The van der Waals surface area contributed by atoms with Crippen LogP contribution in [0.3, 0.4) is 0 Å². The summed E-state index contributed by atoms with van der Waals surface area (Å²) in [5, 5.41) is 3.21. The molecule has 0 saturated carbocycles. The highest BCUT2D eigenvalue weighted by Gasteiger charge is 2.19. The molecule has 1 atom stereocenters. The fraction of sp³-hybridized carbons (Fsp3) is 0.929. The minimum Gasteiger partial charge on any atom is -0.378 e. The lowest BCUT2D eigenvalue weighted by atomic mass is 10.0. The number of unbranched alkanes of at least 4 members (excludes halogenated alkanes) is 6. The fourth-order valence-electron chi connectivity index (χ4n) is 2.20. The van der Waals surface area contributed by atoms with Gasteiger partial charge in [0.25, 0.3) is 0 Å². The maximum Gasteiger partial charge on any atom is 0.152 e. The largest absolute Gasteiger partial charge is 0.378 e. The van der Waals surface area contributed by atoms with Crippen LogP contribution in [0, 0.1) is 0 Å². The molecular weight excluding hydrogens is 214 g/mol. The highest BCUT2D eigenvalue weighted by molar-refractivity contribution is 5.84. The Morgan fingerprint density at radius 2 is 1.88 bits per heavy atom. The van der Waals surface area contributed by atoms with Crippen LogP contribution in [0.25, 0.3) is 0 Å². The van der Waals surface area contributed by atoms with Crippen LogP contribution in [0.5, 0.6) is 0 Å². The molecule has 3 nitrogen and oxygen atoms in total.